The second-order valence-corrected chi connectivity index (χ2v) is 6.59. The van der Waals surface area contributed by atoms with Gasteiger partial charge >= 0.3 is 0 Å². The zero-order valence-electron chi connectivity index (χ0n) is 10.0. The number of hydrogen-bond donors (Lipinski definition) is 0. The third-order valence-electron chi connectivity index (χ3n) is 5.23. The van der Waals surface area contributed by atoms with Gasteiger partial charge < -0.3 is 0 Å². The molecule has 0 nitrogen and oxygen atoms in total. The van der Waals surface area contributed by atoms with Gasteiger partial charge in [0.2, 0.25) is 0 Å². The third kappa shape index (κ3) is 0.926. The average molecular weight is 180 g/mol. The maximum atomic E-state index is 2.51. The molecule has 2 fully saturated rings. The summed E-state index contributed by atoms with van der Waals surface area (Å²) >= 11 is 0. The van der Waals surface area contributed by atoms with Crippen molar-refractivity contribution in [1.29, 1.82) is 0 Å². The second-order valence-electron chi connectivity index (χ2n) is 6.59. The fourth-order valence-corrected chi connectivity index (χ4v) is 4.50. The molecule has 0 aromatic heterocycles. The summed E-state index contributed by atoms with van der Waals surface area (Å²) in [6.07, 6.45) is 1.48. The predicted octanol–water partition coefficient (Wildman–Crippen LogP) is 3.96. The van der Waals surface area contributed by atoms with Crippen molar-refractivity contribution in [3.05, 3.63) is 0 Å². The van der Waals surface area contributed by atoms with Crippen molar-refractivity contribution >= 4 is 0 Å². The highest BCUT2D eigenvalue weighted by molar-refractivity contribution is 5.25. The van der Waals surface area contributed by atoms with Gasteiger partial charge in [-0.25, -0.2) is 0 Å². The highest BCUT2D eigenvalue weighted by Gasteiger charge is 2.77. The van der Waals surface area contributed by atoms with E-state index in [9.17, 15) is 0 Å². The van der Waals surface area contributed by atoms with E-state index in [-0.39, 0.29) is 0 Å². The van der Waals surface area contributed by atoms with Gasteiger partial charge in [-0.1, -0.05) is 41.5 Å². The minimum atomic E-state index is 0.670. The minimum Gasteiger partial charge on any atom is -0.0625 e. The number of hydrogen-bond acceptors (Lipinski definition) is 0. The summed E-state index contributed by atoms with van der Waals surface area (Å²) in [4.78, 5) is 0. The summed E-state index contributed by atoms with van der Waals surface area (Å²) in [6.45, 7) is 14.6. The zero-order valence-corrected chi connectivity index (χ0v) is 10.0. The Bertz CT molecular complexity index is 228. The van der Waals surface area contributed by atoms with Crippen LogP contribution in [-0.2, 0) is 0 Å². The van der Waals surface area contributed by atoms with Crippen LogP contribution in [0.25, 0.3) is 0 Å². The molecule has 2 rings (SSSR count). The van der Waals surface area contributed by atoms with Crippen molar-refractivity contribution in [3.8, 4) is 0 Å². The van der Waals surface area contributed by atoms with E-state index in [4.69, 9.17) is 0 Å². The summed E-state index contributed by atoms with van der Waals surface area (Å²) in [5.41, 5.74) is 1.41. The number of fused-ring (bicyclic) bond motifs is 1. The van der Waals surface area contributed by atoms with Gasteiger partial charge in [-0.15, -0.1) is 0 Å². The van der Waals surface area contributed by atoms with Crippen LogP contribution in [0, 0.1) is 34.5 Å². The minimum absolute atomic E-state index is 0.670. The van der Waals surface area contributed by atoms with Crippen molar-refractivity contribution in [1.82, 2.24) is 0 Å². The first-order valence-corrected chi connectivity index (χ1v) is 5.84. The lowest BCUT2D eigenvalue weighted by molar-refractivity contribution is 0.0250. The molecule has 0 heteroatoms. The van der Waals surface area contributed by atoms with Gasteiger partial charge in [-0.3, -0.25) is 0 Å². The summed E-state index contributed by atoms with van der Waals surface area (Å²) in [7, 11) is 0. The predicted molar refractivity (Wildman–Crippen MR) is 57.5 cm³/mol. The van der Waals surface area contributed by atoms with Gasteiger partial charge in [-0.2, -0.15) is 0 Å². The summed E-state index contributed by atoms with van der Waals surface area (Å²) in [6, 6.07) is 0. The Kier molecular flexibility index (Phi) is 1.71. The van der Waals surface area contributed by atoms with Gasteiger partial charge in [0.1, 0.15) is 0 Å². The molecule has 0 saturated heterocycles. The molecule has 0 amide bonds. The molecular formula is C13H24. The first-order valence-electron chi connectivity index (χ1n) is 5.84. The SMILES string of the molecule is CC(C)C1C2C(C)(C(C)C)CC12C. The Hall–Kier alpha value is 0. The van der Waals surface area contributed by atoms with Crippen LogP contribution in [0.5, 0.6) is 0 Å². The van der Waals surface area contributed by atoms with Crippen LogP contribution in [-0.4, -0.2) is 0 Å². The lowest BCUT2D eigenvalue weighted by Crippen LogP contribution is -2.39. The largest absolute Gasteiger partial charge is 0.0625 e. The van der Waals surface area contributed by atoms with Crippen molar-refractivity contribution in [2.75, 3.05) is 0 Å². The van der Waals surface area contributed by atoms with E-state index in [1.807, 2.05) is 0 Å². The molecule has 0 heterocycles. The van der Waals surface area contributed by atoms with Gasteiger partial charge in [-0.05, 0) is 40.9 Å². The first kappa shape index (κ1) is 9.55. The molecule has 2 aliphatic carbocycles. The van der Waals surface area contributed by atoms with Crippen LogP contribution in [0.4, 0.5) is 0 Å². The van der Waals surface area contributed by atoms with Gasteiger partial charge in [0.05, 0.1) is 0 Å². The van der Waals surface area contributed by atoms with E-state index in [0.29, 0.717) is 5.41 Å². The molecule has 0 aromatic carbocycles. The molecule has 0 spiro atoms. The number of rotatable bonds is 2. The van der Waals surface area contributed by atoms with E-state index < -0.39 is 0 Å². The quantitative estimate of drug-likeness (QED) is 0.603. The molecular weight excluding hydrogens is 156 g/mol. The van der Waals surface area contributed by atoms with Gasteiger partial charge in [0, 0.05) is 0 Å². The summed E-state index contributed by atoms with van der Waals surface area (Å²) in [5.74, 6) is 3.84. The van der Waals surface area contributed by atoms with Crippen LogP contribution < -0.4 is 0 Å². The Morgan fingerprint density at radius 2 is 1.62 bits per heavy atom. The fraction of sp³-hybridized carbons (Fsp3) is 1.00. The Balaban J connectivity index is 2.13. The van der Waals surface area contributed by atoms with E-state index in [1.54, 1.807) is 0 Å². The summed E-state index contributed by atoms with van der Waals surface area (Å²) < 4.78 is 0. The topological polar surface area (TPSA) is 0 Å². The van der Waals surface area contributed by atoms with E-state index in [2.05, 4.69) is 41.5 Å². The standard InChI is InChI=1S/C13H24/c1-8(2)10-11-12(5,9(3)4)7-13(10,11)6/h8-11H,7H2,1-6H3. The first-order chi connectivity index (χ1) is 5.84. The molecule has 13 heavy (non-hydrogen) atoms. The molecule has 76 valence electrons. The maximum Gasteiger partial charge on any atom is -0.0250 e. The zero-order chi connectivity index (χ0) is 10.0. The molecule has 2 aliphatic rings. The molecule has 0 aromatic rings. The Morgan fingerprint density at radius 1 is 1.08 bits per heavy atom. The van der Waals surface area contributed by atoms with Crippen LogP contribution in [0.3, 0.4) is 0 Å². The van der Waals surface area contributed by atoms with Gasteiger partial charge in [0.15, 0.2) is 0 Å². The normalized spacial score (nSPS) is 53.5. The Labute approximate surface area is 83.1 Å². The molecule has 4 atom stereocenters. The smallest absolute Gasteiger partial charge is 0.0250 e. The average Bonchev–Trinajstić information content (AvgIpc) is 2.48. The lowest BCUT2D eigenvalue weighted by atomic mass is 9.58. The van der Waals surface area contributed by atoms with Gasteiger partial charge in [0.25, 0.3) is 0 Å². The van der Waals surface area contributed by atoms with E-state index in [0.717, 1.165) is 29.1 Å². The highest BCUT2D eigenvalue weighted by Crippen LogP contribution is 2.83. The summed E-state index contributed by atoms with van der Waals surface area (Å²) in [5, 5.41) is 0. The molecule has 0 bridgehead atoms. The Morgan fingerprint density at radius 3 is 1.85 bits per heavy atom. The highest BCUT2D eigenvalue weighted by atomic mass is 14.8. The third-order valence-corrected chi connectivity index (χ3v) is 5.23. The van der Waals surface area contributed by atoms with Crippen LogP contribution in [0.2, 0.25) is 0 Å². The van der Waals surface area contributed by atoms with E-state index in [1.165, 1.54) is 6.42 Å². The maximum absolute atomic E-state index is 2.51. The van der Waals surface area contributed by atoms with Crippen molar-refractivity contribution in [2.24, 2.45) is 34.5 Å². The van der Waals surface area contributed by atoms with Crippen molar-refractivity contribution < 1.29 is 0 Å². The van der Waals surface area contributed by atoms with Crippen molar-refractivity contribution in [3.63, 3.8) is 0 Å². The fourth-order valence-electron chi connectivity index (χ4n) is 4.50. The van der Waals surface area contributed by atoms with Crippen LogP contribution in [0.1, 0.15) is 48.0 Å². The van der Waals surface area contributed by atoms with Crippen LogP contribution >= 0.6 is 0 Å². The molecule has 0 radical (unpaired) electrons. The van der Waals surface area contributed by atoms with Crippen LogP contribution in [0.15, 0.2) is 0 Å². The lowest BCUT2D eigenvalue weighted by Gasteiger charge is -2.46. The molecule has 0 N–H and O–H groups in total. The molecule has 0 aliphatic heterocycles. The molecule has 4 unspecified atom stereocenters. The second kappa shape index (κ2) is 2.32. The van der Waals surface area contributed by atoms with E-state index >= 15 is 0 Å². The molecule has 2 saturated carbocycles. The monoisotopic (exact) mass is 180 g/mol. The van der Waals surface area contributed by atoms with Crippen molar-refractivity contribution in [2.45, 2.75) is 48.0 Å².